The van der Waals surface area contributed by atoms with Gasteiger partial charge in [-0.15, -0.1) is 22.7 Å². The lowest BCUT2D eigenvalue weighted by atomic mass is 10.1. The Morgan fingerprint density at radius 1 is 0.962 bits per heavy atom. The lowest BCUT2D eigenvalue weighted by molar-refractivity contribution is 0.121. The van der Waals surface area contributed by atoms with Crippen molar-refractivity contribution in [3.63, 3.8) is 0 Å². The van der Waals surface area contributed by atoms with Crippen molar-refractivity contribution in [2.45, 2.75) is 13.1 Å². The van der Waals surface area contributed by atoms with Gasteiger partial charge in [-0.3, -0.25) is 9.80 Å². The molecule has 132 valence electrons. The molecular weight excluding hydrogens is 360 g/mol. The summed E-state index contributed by atoms with van der Waals surface area (Å²) >= 11 is 3.49. The standard InChI is InChI=1S/C20H20N4S2/c21-12-16-3-5-17(6-4-16)13-23-7-9-24(10-8-23)14-18-15-26-20(22-18)19-2-1-11-25-19/h1-6,11,15H,7-10,13-14H2. The van der Waals surface area contributed by atoms with Crippen molar-refractivity contribution < 1.29 is 0 Å². The van der Waals surface area contributed by atoms with E-state index in [-0.39, 0.29) is 0 Å². The van der Waals surface area contributed by atoms with E-state index in [1.807, 2.05) is 12.1 Å². The summed E-state index contributed by atoms with van der Waals surface area (Å²) in [4.78, 5) is 11.0. The van der Waals surface area contributed by atoms with Crippen LogP contribution in [0.2, 0.25) is 0 Å². The molecule has 1 aromatic carbocycles. The van der Waals surface area contributed by atoms with Gasteiger partial charge in [0.25, 0.3) is 0 Å². The predicted octanol–water partition coefficient (Wildman–Crippen LogP) is 4.06. The van der Waals surface area contributed by atoms with E-state index in [9.17, 15) is 0 Å². The molecule has 3 aromatic rings. The van der Waals surface area contributed by atoms with Crippen LogP contribution in [0.3, 0.4) is 0 Å². The second kappa shape index (κ2) is 8.11. The summed E-state index contributed by atoms with van der Waals surface area (Å²) in [6, 6.07) is 14.3. The van der Waals surface area contributed by atoms with Gasteiger partial charge in [-0.1, -0.05) is 18.2 Å². The van der Waals surface area contributed by atoms with E-state index in [2.05, 4.69) is 50.9 Å². The molecule has 3 heterocycles. The average Bonchev–Trinajstić information content (AvgIpc) is 3.36. The highest BCUT2D eigenvalue weighted by Gasteiger charge is 2.18. The number of piperazine rings is 1. The van der Waals surface area contributed by atoms with E-state index >= 15 is 0 Å². The van der Waals surface area contributed by atoms with Crippen LogP contribution < -0.4 is 0 Å². The van der Waals surface area contributed by atoms with Crippen LogP contribution in [0.5, 0.6) is 0 Å². The molecule has 0 unspecified atom stereocenters. The SMILES string of the molecule is N#Cc1ccc(CN2CCN(Cc3csc(-c4cccs4)n3)CC2)cc1. The Morgan fingerprint density at radius 2 is 1.69 bits per heavy atom. The number of thiophene rings is 1. The summed E-state index contributed by atoms with van der Waals surface area (Å²) in [6.45, 7) is 6.18. The van der Waals surface area contributed by atoms with Gasteiger partial charge < -0.3 is 0 Å². The Labute approximate surface area is 162 Å². The molecule has 0 bridgehead atoms. The Hall–Kier alpha value is -2.04. The zero-order valence-electron chi connectivity index (χ0n) is 14.5. The maximum absolute atomic E-state index is 8.89. The summed E-state index contributed by atoms with van der Waals surface area (Å²) in [7, 11) is 0. The Morgan fingerprint density at radius 3 is 2.35 bits per heavy atom. The molecule has 0 radical (unpaired) electrons. The molecule has 1 aliphatic heterocycles. The van der Waals surface area contributed by atoms with Crippen molar-refractivity contribution in [3.05, 3.63) is 64.0 Å². The fourth-order valence-electron chi connectivity index (χ4n) is 3.17. The van der Waals surface area contributed by atoms with Crippen LogP contribution in [0.25, 0.3) is 9.88 Å². The maximum Gasteiger partial charge on any atom is 0.133 e. The first-order chi connectivity index (χ1) is 12.8. The molecular formula is C20H20N4S2. The van der Waals surface area contributed by atoms with E-state index in [0.29, 0.717) is 0 Å². The zero-order chi connectivity index (χ0) is 17.8. The minimum absolute atomic E-state index is 0.726. The monoisotopic (exact) mass is 380 g/mol. The highest BCUT2D eigenvalue weighted by Crippen LogP contribution is 2.28. The Balaban J connectivity index is 1.27. The van der Waals surface area contributed by atoms with E-state index in [1.165, 1.54) is 16.1 Å². The van der Waals surface area contributed by atoms with Gasteiger partial charge in [-0.2, -0.15) is 5.26 Å². The van der Waals surface area contributed by atoms with Crippen molar-refractivity contribution in [1.82, 2.24) is 14.8 Å². The van der Waals surface area contributed by atoms with Crippen molar-refractivity contribution in [2.75, 3.05) is 26.2 Å². The molecule has 0 N–H and O–H groups in total. The summed E-state index contributed by atoms with van der Waals surface area (Å²) in [5.41, 5.74) is 3.18. The van der Waals surface area contributed by atoms with Crippen LogP contribution in [0, 0.1) is 11.3 Å². The number of nitriles is 1. The number of hydrogen-bond donors (Lipinski definition) is 0. The highest BCUT2D eigenvalue weighted by atomic mass is 32.1. The van der Waals surface area contributed by atoms with Crippen molar-refractivity contribution in [2.24, 2.45) is 0 Å². The average molecular weight is 381 g/mol. The Kier molecular flexibility index (Phi) is 5.42. The molecule has 4 rings (SSSR count). The van der Waals surface area contributed by atoms with Gasteiger partial charge in [0.1, 0.15) is 5.01 Å². The first kappa shape index (κ1) is 17.4. The molecule has 1 aliphatic rings. The van der Waals surface area contributed by atoms with Crippen LogP contribution in [-0.4, -0.2) is 41.0 Å². The molecule has 2 aromatic heterocycles. The molecule has 4 nitrogen and oxygen atoms in total. The molecule has 0 amide bonds. The second-order valence-electron chi connectivity index (χ2n) is 6.48. The lowest BCUT2D eigenvalue weighted by Gasteiger charge is -2.34. The van der Waals surface area contributed by atoms with E-state index < -0.39 is 0 Å². The van der Waals surface area contributed by atoms with Gasteiger partial charge in [0.2, 0.25) is 0 Å². The van der Waals surface area contributed by atoms with Crippen molar-refractivity contribution >= 4 is 22.7 Å². The number of hydrogen-bond acceptors (Lipinski definition) is 6. The van der Waals surface area contributed by atoms with Crippen LogP contribution in [-0.2, 0) is 13.1 Å². The molecule has 0 spiro atoms. The van der Waals surface area contributed by atoms with Crippen LogP contribution >= 0.6 is 22.7 Å². The summed E-state index contributed by atoms with van der Waals surface area (Å²) in [5, 5.41) is 14.3. The predicted molar refractivity (Wildman–Crippen MR) is 107 cm³/mol. The van der Waals surface area contributed by atoms with Gasteiger partial charge in [0.05, 0.1) is 22.2 Å². The van der Waals surface area contributed by atoms with Crippen LogP contribution in [0.4, 0.5) is 0 Å². The van der Waals surface area contributed by atoms with Crippen molar-refractivity contribution in [1.29, 1.82) is 5.26 Å². The smallest absolute Gasteiger partial charge is 0.133 e. The molecule has 0 atom stereocenters. The number of thiazole rings is 1. The third-order valence-corrected chi connectivity index (χ3v) is 6.55. The number of benzene rings is 1. The molecule has 26 heavy (non-hydrogen) atoms. The first-order valence-corrected chi connectivity index (χ1v) is 10.5. The lowest BCUT2D eigenvalue weighted by Crippen LogP contribution is -2.45. The van der Waals surface area contributed by atoms with E-state index in [4.69, 9.17) is 10.2 Å². The summed E-state index contributed by atoms with van der Waals surface area (Å²) in [5.74, 6) is 0. The molecule has 0 aliphatic carbocycles. The van der Waals surface area contributed by atoms with E-state index in [1.54, 1.807) is 22.7 Å². The fourth-order valence-corrected chi connectivity index (χ4v) is 4.80. The van der Waals surface area contributed by atoms with Gasteiger partial charge in [0.15, 0.2) is 0 Å². The summed E-state index contributed by atoms with van der Waals surface area (Å²) in [6.07, 6.45) is 0. The second-order valence-corrected chi connectivity index (χ2v) is 8.29. The highest BCUT2D eigenvalue weighted by molar-refractivity contribution is 7.20. The largest absolute Gasteiger partial charge is 0.297 e. The van der Waals surface area contributed by atoms with Crippen LogP contribution in [0.15, 0.2) is 47.2 Å². The minimum atomic E-state index is 0.726. The minimum Gasteiger partial charge on any atom is -0.297 e. The quantitative estimate of drug-likeness (QED) is 0.669. The summed E-state index contributed by atoms with van der Waals surface area (Å²) < 4.78 is 0. The first-order valence-electron chi connectivity index (χ1n) is 8.72. The maximum atomic E-state index is 8.89. The number of rotatable bonds is 5. The third kappa shape index (κ3) is 4.19. The third-order valence-electron chi connectivity index (χ3n) is 4.62. The Bertz CT molecular complexity index is 869. The van der Waals surface area contributed by atoms with Gasteiger partial charge >= 0.3 is 0 Å². The van der Waals surface area contributed by atoms with Crippen LogP contribution in [0.1, 0.15) is 16.8 Å². The van der Waals surface area contributed by atoms with E-state index in [0.717, 1.165) is 49.8 Å². The molecule has 1 fully saturated rings. The fraction of sp³-hybridized carbons (Fsp3) is 0.300. The zero-order valence-corrected chi connectivity index (χ0v) is 16.1. The molecule has 6 heteroatoms. The number of aromatic nitrogens is 1. The molecule has 1 saturated heterocycles. The van der Waals surface area contributed by atoms with Gasteiger partial charge in [-0.25, -0.2) is 4.98 Å². The topological polar surface area (TPSA) is 43.2 Å². The van der Waals surface area contributed by atoms with Crippen molar-refractivity contribution in [3.8, 4) is 16.0 Å². The van der Waals surface area contributed by atoms with Gasteiger partial charge in [-0.05, 0) is 29.1 Å². The van der Waals surface area contributed by atoms with Gasteiger partial charge in [0, 0.05) is 44.6 Å². The normalized spacial score (nSPS) is 15.8. The molecule has 0 saturated carbocycles. The number of nitrogens with zero attached hydrogens (tertiary/aromatic N) is 4.